The average Bonchev–Trinajstić information content (AvgIpc) is 3.48. The minimum Gasteiger partial charge on any atom is -0.489 e. The number of benzene rings is 4. The van der Waals surface area contributed by atoms with Crippen molar-refractivity contribution < 1.29 is 14.3 Å². The number of rotatable bonds is 7. The number of nitrogens with one attached hydrogen (secondary N) is 1. The fourth-order valence-electron chi connectivity index (χ4n) is 6.42. The minimum atomic E-state index is -0.174. The largest absolute Gasteiger partial charge is 0.489 e. The first-order valence-electron chi connectivity index (χ1n) is 15.5. The molecule has 2 amide bonds. The van der Waals surface area contributed by atoms with Crippen LogP contribution in [0.5, 0.6) is 5.75 Å². The van der Waals surface area contributed by atoms with Gasteiger partial charge in [-0.2, -0.15) is 0 Å². The van der Waals surface area contributed by atoms with Crippen LogP contribution in [0.4, 0.5) is 5.69 Å². The third kappa shape index (κ3) is 6.11. The Morgan fingerprint density at radius 1 is 0.778 bits per heavy atom. The zero-order valence-electron chi connectivity index (χ0n) is 25.0. The van der Waals surface area contributed by atoms with Crippen molar-refractivity contribution >= 4 is 29.1 Å². The predicted octanol–water partition coefficient (Wildman–Crippen LogP) is 8.17. The van der Waals surface area contributed by atoms with Gasteiger partial charge in [-0.3, -0.25) is 9.59 Å². The number of hydrogen-bond acceptors (Lipinski definition) is 3. The number of hydrogen-bond donors (Lipinski definition) is 1. The SMILES string of the molecule is O=C(Nc1ccc(OCc2ccccc2)cc1)c1cc(-c2cc(Cl)ccc2C(=O)N2CCc3ccccc3C2)n2c1CCCC2. The van der Waals surface area contributed by atoms with Crippen LogP contribution < -0.4 is 10.1 Å². The summed E-state index contributed by atoms with van der Waals surface area (Å²) in [7, 11) is 0. The van der Waals surface area contributed by atoms with Crippen LogP contribution >= 0.6 is 11.6 Å². The Balaban J connectivity index is 1.14. The van der Waals surface area contributed by atoms with Crippen LogP contribution in [0.1, 0.15) is 55.9 Å². The second-order valence-corrected chi connectivity index (χ2v) is 12.1. The normalized spacial score (nSPS) is 13.9. The molecule has 6 nitrogen and oxygen atoms in total. The number of ether oxygens (including phenoxy) is 1. The van der Waals surface area contributed by atoms with Crippen molar-refractivity contribution in [3.05, 3.63) is 142 Å². The molecule has 7 rings (SSSR count). The highest BCUT2D eigenvalue weighted by atomic mass is 35.5. The molecule has 0 atom stereocenters. The maximum atomic E-state index is 14.0. The topological polar surface area (TPSA) is 63.6 Å². The van der Waals surface area contributed by atoms with Gasteiger partial charge in [-0.1, -0.05) is 66.2 Å². The van der Waals surface area contributed by atoms with Crippen molar-refractivity contribution in [2.24, 2.45) is 0 Å². The lowest BCUT2D eigenvalue weighted by Crippen LogP contribution is -2.36. The van der Waals surface area contributed by atoms with Crippen molar-refractivity contribution in [3.8, 4) is 17.0 Å². The number of aromatic nitrogens is 1. The molecule has 2 aliphatic heterocycles. The van der Waals surface area contributed by atoms with Crippen molar-refractivity contribution in [1.29, 1.82) is 0 Å². The first-order chi connectivity index (χ1) is 22.0. The first-order valence-corrected chi connectivity index (χ1v) is 15.9. The molecule has 0 spiro atoms. The average molecular weight is 616 g/mol. The van der Waals surface area contributed by atoms with Crippen molar-refractivity contribution in [2.75, 3.05) is 11.9 Å². The van der Waals surface area contributed by atoms with E-state index in [9.17, 15) is 9.59 Å². The molecule has 1 aromatic heterocycles. The van der Waals surface area contributed by atoms with Crippen LogP contribution in [-0.2, 0) is 32.5 Å². The smallest absolute Gasteiger partial charge is 0.257 e. The summed E-state index contributed by atoms with van der Waals surface area (Å²) in [6.07, 6.45) is 3.64. The van der Waals surface area contributed by atoms with Crippen LogP contribution in [0.2, 0.25) is 5.02 Å². The first kappa shape index (κ1) is 28.9. The van der Waals surface area contributed by atoms with Crippen molar-refractivity contribution in [3.63, 3.8) is 0 Å². The Labute approximate surface area is 268 Å². The van der Waals surface area contributed by atoms with Crippen LogP contribution in [0.15, 0.2) is 103 Å². The van der Waals surface area contributed by atoms with Gasteiger partial charge in [0.1, 0.15) is 12.4 Å². The summed E-state index contributed by atoms with van der Waals surface area (Å²) in [5.41, 5.74) is 8.08. The molecule has 7 heteroatoms. The fraction of sp³-hybridized carbons (Fsp3) is 0.211. The highest BCUT2D eigenvalue weighted by molar-refractivity contribution is 6.31. The van der Waals surface area contributed by atoms with E-state index in [1.807, 2.05) is 89.8 Å². The van der Waals surface area contributed by atoms with Crippen molar-refractivity contribution in [1.82, 2.24) is 9.47 Å². The summed E-state index contributed by atoms with van der Waals surface area (Å²) in [4.78, 5) is 29.6. The molecule has 0 unspecified atom stereocenters. The third-order valence-corrected chi connectivity index (χ3v) is 9.00. The number of fused-ring (bicyclic) bond motifs is 2. The number of carbonyl (C=O) groups excluding carboxylic acids is 2. The maximum absolute atomic E-state index is 14.0. The number of carbonyl (C=O) groups is 2. The van der Waals surface area contributed by atoms with E-state index in [0.29, 0.717) is 41.5 Å². The second kappa shape index (κ2) is 12.7. The molecule has 0 radical (unpaired) electrons. The van der Waals surface area contributed by atoms with Crippen LogP contribution in [0.3, 0.4) is 0 Å². The molecular weight excluding hydrogens is 582 g/mol. The van der Waals surface area contributed by atoms with E-state index in [0.717, 1.165) is 60.5 Å². The van der Waals surface area contributed by atoms with Gasteiger partial charge in [-0.05, 0) is 90.9 Å². The van der Waals surface area contributed by atoms with Gasteiger partial charge in [-0.15, -0.1) is 0 Å². The van der Waals surface area contributed by atoms with E-state index in [1.54, 1.807) is 6.07 Å². The molecule has 2 aliphatic rings. The van der Waals surface area contributed by atoms with E-state index in [4.69, 9.17) is 16.3 Å². The van der Waals surface area contributed by atoms with Crippen LogP contribution in [-0.4, -0.2) is 27.8 Å². The summed E-state index contributed by atoms with van der Waals surface area (Å²) >= 11 is 6.53. The second-order valence-electron chi connectivity index (χ2n) is 11.7. The molecule has 0 fully saturated rings. The molecule has 5 aromatic rings. The van der Waals surface area contributed by atoms with E-state index >= 15 is 0 Å². The number of anilines is 1. The maximum Gasteiger partial charge on any atom is 0.257 e. The summed E-state index contributed by atoms with van der Waals surface area (Å²) in [6, 6.07) is 33.1. The summed E-state index contributed by atoms with van der Waals surface area (Å²) in [6.45, 7) is 2.49. The highest BCUT2D eigenvalue weighted by Crippen LogP contribution is 2.35. The summed E-state index contributed by atoms with van der Waals surface area (Å²) in [5.74, 6) is 0.534. The van der Waals surface area contributed by atoms with E-state index in [2.05, 4.69) is 22.0 Å². The molecule has 1 N–H and O–H groups in total. The molecular formula is C38H34ClN3O3. The number of amides is 2. The standard InChI is InChI=1S/C38H34ClN3O3/c39-29-13-18-32(38(44)41-21-19-27-10-4-5-11-28(27)24-41)33(22-29)36-23-34(35-12-6-7-20-42(35)36)37(43)40-30-14-16-31(17-15-30)45-25-26-8-2-1-3-9-26/h1-5,8-11,13-18,22-23H,6-7,12,19-21,24-25H2,(H,40,43). The van der Waals surface area contributed by atoms with Gasteiger partial charge in [0.25, 0.3) is 11.8 Å². The Morgan fingerprint density at radius 2 is 1.56 bits per heavy atom. The molecule has 45 heavy (non-hydrogen) atoms. The Morgan fingerprint density at radius 3 is 2.38 bits per heavy atom. The lowest BCUT2D eigenvalue weighted by Gasteiger charge is -2.30. The zero-order valence-corrected chi connectivity index (χ0v) is 25.7. The molecule has 0 bridgehead atoms. The summed E-state index contributed by atoms with van der Waals surface area (Å²) < 4.78 is 8.11. The van der Waals surface area contributed by atoms with Gasteiger partial charge < -0.3 is 19.5 Å². The fourth-order valence-corrected chi connectivity index (χ4v) is 6.60. The molecule has 226 valence electrons. The quantitative estimate of drug-likeness (QED) is 0.201. The van der Waals surface area contributed by atoms with Gasteiger partial charge in [0.15, 0.2) is 0 Å². The van der Waals surface area contributed by atoms with E-state index < -0.39 is 0 Å². The van der Waals surface area contributed by atoms with Gasteiger partial charge in [0.05, 0.1) is 5.56 Å². The lowest BCUT2D eigenvalue weighted by molar-refractivity contribution is 0.0735. The van der Waals surface area contributed by atoms with Crippen LogP contribution in [0, 0.1) is 0 Å². The summed E-state index contributed by atoms with van der Waals surface area (Å²) in [5, 5.41) is 3.63. The predicted molar refractivity (Wildman–Crippen MR) is 178 cm³/mol. The van der Waals surface area contributed by atoms with Crippen LogP contribution in [0.25, 0.3) is 11.3 Å². The molecule has 0 aliphatic carbocycles. The van der Waals surface area contributed by atoms with Gasteiger partial charge in [0.2, 0.25) is 0 Å². The monoisotopic (exact) mass is 615 g/mol. The Hall–Kier alpha value is -4.81. The number of nitrogens with zero attached hydrogens (tertiary/aromatic N) is 2. The van der Waals surface area contributed by atoms with Gasteiger partial charge >= 0.3 is 0 Å². The Kier molecular flexibility index (Phi) is 8.14. The molecule has 0 saturated carbocycles. The van der Waals surface area contributed by atoms with Gasteiger partial charge in [0, 0.05) is 52.9 Å². The highest BCUT2D eigenvalue weighted by Gasteiger charge is 2.28. The zero-order chi connectivity index (χ0) is 30.8. The van der Waals surface area contributed by atoms with Crippen molar-refractivity contribution in [2.45, 2.75) is 45.4 Å². The molecule has 4 aromatic carbocycles. The van der Waals surface area contributed by atoms with E-state index in [1.165, 1.54) is 11.1 Å². The van der Waals surface area contributed by atoms with Gasteiger partial charge in [-0.25, -0.2) is 0 Å². The Bertz CT molecular complexity index is 1860. The minimum absolute atomic E-state index is 0.0249. The van der Waals surface area contributed by atoms with E-state index in [-0.39, 0.29) is 11.8 Å². The number of halogens is 1. The third-order valence-electron chi connectivity index (χ3n) is 8.76. The lowest BCUT2D eigenvalue weighted by atomic mass is 9.97. The molecule has 0 saturated heterocycles. The molecule has 3 heterocycles.